The second-order valence-corrected chi connectivity index (χ2v) is 8.96. The van der Waals surface area contributed by atoms with Gasteiger partial charge in [-0.2, -0.15) is 0 Å². The van der Waals surface area contributed by atoms with Crippen LogP contribution >= 0.6 is 11.6 Å². The van der Waals surface area contributed by atoms with Crippen LogP contribution in [0.5, 0.6) is 0 Å². The number of carbonyl (C=O) groups is 1. The normalized spacial score (nSPS) is 11.3. The largest absolute Gasteiger partial charge is 0.463 e. The molecule has 0 saturated carbocycles. The summed E-state index contributed by atoms with van der Waals surface area (Å²) in [6.07, 6.45) is 6.09. The van der Waals surface area contributed by atoms with Gasteiger partial charge in [0.15, 0.2) is 0 Å². The third-order valence-electron chi connectivity index (χ3n) is 5.17. The Morgan fingerprint density at radius 2 is 0.725 bits per heavy atom. The molecule has 0 amide bonds. The van der Waals surface area contributed by atoms with E-state index in [4.69, 9.17) is 59.0 Å². The molecule has 0 aromatic carbocycles. The zero-order valence-corrected chi connectivity index (χ0v) is 25.5. The van der Waals surface area contributed by atoms with E-state index in [1.807, 2.05) is 0 Å². The molecule has 0 spiro atoms. The summed E-state index contributed by atoms with van der Waals surface area (Å²) < 4.78 is 53.7. The van der Waals surface area contributed by atoms with Crippen molar-refractivity contribution in [2.45, 2.75) is 45.4 Å². The van der Waals surface area contributed by atoms with Crippen molar-refractivity contribution in [1.29, 1.82) is 0 Å². The van der Waals surface area contributed by atoms with Crippen molar-refractivity contribution in [3.63, 3.8) is 0 Å². The molecule has 0 fully saturated rings. The summed E-state index contributed by atoms with van der Waals surface area (Å²) in [6, 6.07) is 0. The molecule has 40 heavy (non-hydrogen) atoms. The first-order valence-electron chi connectivity index (χ1n) is 14.7. The van der Waals surface area contributed by atoms with Gasteiger partial charge in [0.2, 0.25) is 0 Å². The highest BCUT2D eigenvalue weighted by Crippen LogP contribution is 2.05. The Balaban J connectivity index is 3.08. The SMILES string of the molecule is CCCCCCCC(=O)OCCOCCOCCOCCOCCOCCOCCOCCOCCOCCCl. The van der Waals surface area contributed by atoms with E-state index in [1.54, 1.807) is 0 Å². The smallest absolute Gasteiger partial charge is 0.305 e. The van der Waals surface area contributed by atoms with E-state index in [1.165, 1.54) is 19.3 Å². The number of rotatable bonds is 35. The van der Waals surface area contributed by atoms with Gasteiger partial charge in [-0.15, -0.1) is 11.6 Å². The molecular formula is C28H55ClO11. The van der Waals surface area contributed by atoms with Crippen molar-refractivity contribution >= 4 is 17.6 Å². The third kappa shape index (κ3) is 35.4. The average molecular weight is 603 g/mol. The molecule has 0 atom stereocenters. The summed E-state index contributed by atoms with van der Waals surface area (Å²) >= 11 is 5.50. The van der Waals surface area contributed by atoms with Gasteiger partial charge in [-0.3, -0.25) is 4.79 Å². The standard InChI is InChI=1S/C28H55ClO11/c1-2-3-4-5-6-7-28(30)40-27-26-39-25-24-38-23-22-37-21-20-36-19-18-35-17-16-34-15-14-33-13-12-32-11-10-31-9-8-29/h2-27H2,1H3. The molecule has 0 unspecified atom stereocenters. The highest BCUT2D eigenvalue weighted by atomic mass is 35.5. The Morgan fingerprint density at radius 1 is 0.425 bits per heavy atom. The molecule has 0 rings (SSSR count). The van der Waals surface area contributed by atoms with Crippen LogP contribution in [0.25, 0.3) is 0 Å². The van der Waals surface area contributed by atoms with Gasteiger partial charge >= 0.3 is 5.97 Å². The summed E-state index contributed by atoms with van der Waals surface area (Å²) in [6.45, 7) is 11.5. The number of alkyl halides is 1. The van der Waals surface area contributed by atoms with E-state index in [0.717, 1.165) is 12.8 Å². The van der Waals surface area contributed by atoms with E-state index in [2.05, 4.69) is 6.92 Å². The second-order valence-electron chi connectivity index (χ2n) is 8.59. The molecule has 12 heteroatoms. The molecule has 0 bridgehead atoms. The summed E-state index contributed by atoms with van der Waals surface area (Å²) in [5, 5.41) is 0. The summed E-state index contributed by atoms with van der Waals surface area (Å²) in [5.41, 5.74) is 0. The minimum atomic E-state index is -0.146. The number of hydrogen-bond acceptors (Lipinski definition) is 11. The molecule has 0 radical (unpaired) electrons. The molecule has 0 saturated heterocycles. The molecule has 0 aliphatic heterocycles. The fourth-order valence-corrected chi connectivity index (χ4v) is 3.18. The van der Waals surface area contributed by atoms with Crippen LogP contribution in [0.15, 0.2) is 0 Å². The minimum absolute atomic E-state index is 0.146. The van der Waals surface area contributed by atoms with Crippen molar-refractivity contribution in [2.24, 2.45) is 0 Å². The summed E-state index contributed by atoms with van der Waals surface area (Å²) in [7, 11) is 0. The quantitative estimate of drug-likeness (QED) is 0.0605. The van der Waals surface area contributed by atoms with Crippen LogP contribution < -0.4 is 0 Å². The van der Waals surface area contributed by atoms with Crippen molar-refractivity contribution in [2.75, 3.05) is 131 Å². The van der Waals surface area contributed by atoms with Crippen LogP contribution in [0.4, 0.5) is 0 Å². The number of esters is 1. The Kier molecular flexibility index (Phi) is 35.9. The third-order valence-corrected chi connectivity index (χ3v) is 5.33. The van der Waals surface area contributed by atoms with Crippen molar-refractivity contribution < 1.29 is 52.2 Å². The summed E-state index contributed by atoms with van der Waals surface area (Å²) in [5.74, 6) is 0.351. The highest BCUT2D eigenvalue weighted by Gasteiger charge is 2.02. The minimum Gasteiger partial charge on any atom is -0.463 e. The number of unbranched alkanes of at least 4 members (excludes halogenated alkanes) is 4. The lowest BCUT2D eigenvalue weighted by molar-refractivity contribution is -0.145. The van der Waals surface area contributed by atoms with Gasteiger partial charge in [0.25, 0.3) is 0 Å². The van der Waals surface area contributed by atoms with Gasteiger partial charge in [-0.25, -0.2) is 0 Å². The molecule has 11 nitrogen and oxygen atoms in total. The molecule has 240 valence electrons. The highest BCUT2D eigenvalue weighted by molar-refractivity contribution is 6.17. The lowest BCUT2D eigenvalue weighted by atomic mass is 10.1. The first-order chi connectivity index (χ1) is 19.8. The Bertz CT molecular complexity index is 489. The number of halogens is 1. The van der Waals surface area contributed by atoms with Crippen LogP contribution in [-0.4, -0.2) is 137 Å². The van der Waals surface area contributed by atoms with Gasteiger partial charge in [-0.05, 0) is 6.42 Å². The van der Waals surface area contributed by atoms with Crippen LogP contribution in [0.3, 0.4) is 0 Å². The van der Waals surface area contributed by atoms with Crippen LogP contribution in [0, 0.1) is 0 Å². The van der Waals surface area contributed by atoms with Crippen molar-refractivity contribution in [3.8, 4) is 0 Å². The lowest BCUT2D eigenvalue weighted by Gasteiger charge is -2.09. The van der Waals surface area contributed by atoms with Gasteiger partial charge in [-0.1, -0.05) is 32.6 Å². The number of carbonyl (C=O) groups excluding carboxylic acids is 1. The van der Waals surface area contributed by atoms with Crippen LogP contribution in [0.2, 0.25) is 0 Å². The molecule has 0 aliphatic rings. The maximum absolute atomic E-state index is 11.6. The molecule has 0 aromatic rings. The van der Waals surface area contributed by atoms with Crippen molar-refractivity contribution in [3.05, 3.63) is 0 Å². The van der Waals surface area contributed by atoms with E-state index >= 15 is 0 Å². The number of ether oxygens (including phenoxy) is 10. The van der Waals surface area contributed by atoms with Gasteiger partial charge < -0.3 is 47.4 Å². The van der Waals surface area contributed by atoms with Gasteiger partial charge in [0, 0.05) is 12.3 Å². The van der Waals surface area contributed by atoms with E-state index in [9.17, 15) is 4.79 Å². The van der Waals surface area contributed by atoms with Gasteiger partial charge in [0.05, 0.1) is 119 Å². The maximum Gasteiger partial charge on any atom is 0.305 e. The zero-order valence-electron chi connectivity index (χ0n) is 24.8. The molecule has 0 N–H and O–H groups in total. The van der Waals surface area contributed by atoms with Gasteiger partial charge in [0.1, 0.15) is 6.61 Å². The lowest BCUT2D eigenvalue weighted by Crippen LogP contribution is -2.15. The second kappa shape index (κ2) is 36.4. The molecule has 0 aromatic heterocycles. The van der Waals surface area contributed by atoms with Crippen LogP contribution in [0.1, 0.15) is 45.4 Å². The Morgan fingerprint density at radius 3 is 1.05 bits per heavy atom. The van der Waals surface area contributed by atoms with E-state index < -0.39 is 0 Å². The molecular weight excluding hydrogens is 548 g/mol. The Labute approximate surface area is 246 Å². The van der Waals surface area contributed by atoms with E-state index in [0.29, 0.717) is 131 Å². The maximum atomic E-state index is 11.6. The Hall–Kier alpha value is -0.600. The first kappa shape index (κ1) is 39.4. The fraction of sp³-hybridized carbons (Fsp3) is 0.964. The number of hydrogen-bond donors (Lipinski definition) is 0. The van der Waals surface area contributed by atoms with Crippen molar-refractivity contribution in [1.82, 2.24) is 0 Å². The summed E-state index contributed by atoms with van der Waals surface area (Å²) in [4.78, 5) is 11.6. The first-order valence-corrected chi connectivity index (χ1v) is 15.3. The van der Waals surface area contributed by atoms with Crippen LogP contribution in [-0.2, 0) is 52.2 Å². The molecule has 0 heterocycles. The topological polar surface area (TPSA) is 109 Å². The average Bonchev–Trinajstić information content (AvgIpc) is 2.96. The van der Waals surface area contributed by atoms with E-state index in [-0.39, 0.29) is 12.6 Å². The molecule has 0 aliphatic carbocycles. The predicted octanol–water partition coefficient (Wildman–Crippen LogP) is 3.28. The fourth-order valence-electron chi connectivity index (χ4n) is 3.08. The monoisotopic (exact) mass is 602 g/mol. The predicted molar refractivity (Wildman–Crippen MR) is 152 cm³/mol. The zero-order chi connectivity index (χ0) is 29.0.